The average Bonchev–Trinajstić information content (AvgIpc) is 1.94. The van der Waals surface area contributed by atoms with Gasteiger partial charge >= 0.3 is 0 Å². The molecule has 2 aliphatic heterocycles. The molecule has 2 aliphatic carbocycles. The highest BCUT2D eigenvalue weighted by atomic mass is 16.5. The molecular formula is C11H19NO. The fraction of sp³-hybridized carbons (Fsp3) is 1.00. The minimum absolute atomic E-state index is 0.469. The zero-order valence-electron chi connectivity index (χ0n) is 8.58. The Hall–Kier alpha value is -0.0800. The van der Waals surface area contributed by atoms with Gasteiger partial charge in [-0.1, -0.05) is 13.8 Å². The van der Waals surface area contributed by atoms with Gasteiger partial charge in [-0.25, -0.2) is 0 Å². The van der Waals surface area contributed by atoms with Crippen LogP contribution in [-0.2, 0) is 0 Å². The van der Waals surface area contributed by atoms with Crippen LogP contribution in [0.3, 0.4) is 0 Å². The molecule has 4 rings (SSSR count). The first-order valence-corrected chi connectivity index (χ1v) is 5.47. The molecule has 1 N–H and O–H groups in total. The van der Waals surface area contributed by atoms with E-state index >= 15 is 0 Å². The summed E-state index contributed by atoms with van der Waals surface area (Å²) < 4.78 is 0. The summed E-state index contributed by atoms with van der Waals surface area (Å²) in [6.07, 6.45) is 6.26. The summed E-state index contributed by atoms with van der Waals surface area (Å²) in [5, 5.41) is 11.6. The summed E-state index contributed by atoms with van der Waals surface area (Å²) in [6.45, 7) is 4.83. The van der Waals surface area contributed by atoms with Crippen LogP contribution in [0, 0.1) is 10.8 Å². The normalized spacial score (nSPS) is 60.2. The predicted octanol–water partition coefficient (Wildman–Crippen LogP) is 2.42. The van der Waals surface area contributed by atoms with Crippen molar-refractivity contribution in [2.24, 2.45) is 10.8 Å². The summed E-state index contributed by atoms with van der Waals surface area (Å²) in [5.41, 5.74) is 1.08. The van der Waals surface area contributed by atoms with Crippen molar-refractivity contribution in [1.82, 2.24) is 5.06 Å². The molecule has 2 heterocycles. The van der Waals surface area contributed by atoms with Gasteiger partial charge < -0.3 is 5.21 Å². The van der Waals surface area contributed by atoms with E-state index in [-0.39, 0.29) is 0 Å². The summed E-state index contributed by atoms with van der Waals surface area (Å²) in [6, 6.07) is 0.937. The van der Waals surface area contributed by atoms with Crippen LogP contribution >= 0.6 is 0 Å². The van der Waals surface area contributed by atoms with Crippen LogP contribution in [0.2, 0.25) is 0 Å². The maximum Gasteiger partial charge on any atom is 0.0363 e. The molecule has 0 radical (unpaired) electrons. The number of nitrogens with zero attached hydrogens (tertiary/aromatic N) is 1. The van der Waals surface area contributed by atoms with E-state index in [0.29, 0.717) is 22.9 Å². The second-order valence-corrected chi connectivity index (χ2v) is 6.30. The van der Waals surface area contributed by atoms with Crippen LogP contribution in [0.4, 0.5) is 0 Å². The van der Waals surface area contributed by atoms with Gasteiger partial charge in [0.15, 0.2) is 0 Å². The first-order valence-electron chi connectivity index (χ1n) is 5.47. The highest BCUT2D eigenvalue weighted by molar-refractivity contribution is 5.08. The molecular weight excluding hydrogens is 162 g/mol. The largest absolute Gasteiger partial charge is 0.313 e. The fourth-order valence-corrected chi connectivity index (χ4v) is 4.58. The van der Waals surface area contributed by atoms with E-state index in [0.717, 1.165) is 0 Å². The molecule has 2 saturated heterocycles. The zero-order valence-corrected chi connectivity index (χ0v) is 8.58. The summed E-state index contributed by atoms with van der Waals surface area (Å²) in [4.78, 5) is 0. The van der Waals surface area contributed by atoms with Gasteiger partial charge in [0.2, 0.25) is 0 Å². The van der Waals surface area contributed by atoms with Gasteiger partial charge in [-0.05, 0) is 42.9 Å². The highest BCUT2D eigenvalue weighted by Gasteiger charge is 2.56. The Morgan fingerprint density at radius 3 is 1.77 bits per heavy atom. The third-order valence-electron chi connectivity index (χ3n) is 4.52. The van der Waals surface area contributed by atoms with Crippen LogP contribution in [0.15, 0.2) is 0 Å². The molecule has 0 aromatic carbocycles. The average molecular weight is 181 g/mol. The first-order chi connectivity index (χ1) is 6.00. The van der Waals surface area contributed by atoms with E-state index in [1.807, 2.05) is 0 Å². The smallest absolute Gasteiger partial charge is 0.0363 e. The van der Waals surface area contributed by atoms with Crippen molar-refractivity contribution >= 4 is 0 Å². The Balaban J connectivity index is 1.99. The molecule has 0 amide bonds. The quantitative estimate of drug-likeness (QED) is 0.620. The van der Waals surface area contributed by atoms with E-state index in [4.69, 9.17) is 0 Å². The van der Waals surface area contributed by atoms with Gasteiger partial charge in [0, 0.05) is 12.1 Å². The molecule has 2 heteroatoms. The topological polar surface area (TPSA) is 23.5 Å². The lowest BCUT2D eigenvalue weighted by Crippen LogP contribution is -2.62. The third kappa shape index (κ3) is 1.02. The molecule has 4 bridgehead atoms. The summed E-state index contributed by atoms with van der Waals surface area (Å²) >= 11 is 0. The summed E-state index contributed by atoms with van der Waals surface area (Å²) in [7, 11) is 0. The van der Waals surface area contributed by atoms with E-state index < -0.39 is 0 Å². The van der Waals surface area contributed by atoms with Crippen molar-refractivity contribution < 1.29 is 5.21 Å². The lowest BCUT2D eigenvalue weighted by atomic mass is 9.51. The number of hydrogen-bond acceptors (Lipinski definition) is 2. The van der Waals surface area contributed by atoms with E-state index in [9.17, 15) is 5.21 Å². The predicted molar refractivity (Wildman–Crippen MR) is 50.5 cm³/mol. The van der Waals surface area contributed by atoms with Crippen LogP contribution < -0.4 is 0 Å². The monoisotopic (exact) mass is 181 g/mol. The first kappa shape index (κ1) is 8.25. The molecule has 74 valence electrons. The maximum absolute atomic E-state index is 9.89. The maximum atomic E-state index is 9.89. The van der Waals surface area contributed by atoms with Gasteiger partial charge in [0.05, 0.1) is 0 Å². The van der Waals surface area contributed by atoms with E-state index in [2.05, 4.69) is 13.8 Å². The molecule has 2 saturated carbocycles. The van der Waals surface area contributed by atoms with Crippen molar-refractivity contribution in [3.8, 4) is 0 Å². The van der Waals surface area contributed by atoms with Crippen LogP contribution in [-0.4, -0.2) is 22.4 Å². The van der Waals surface area contributed by atoms with Gasteiger partial charge in [-0.15, -0.1) is 0 Å². The zero-order chi connectivity index (χ0) is 9.27. The molecule has 13 heavy (non-hydrogen) atoms. The van der Waals surface area contributed by atoms with Gasteiger partial charge in [-0.3, -0.25) is 0 Å². The second kappa shape index (κ2) is 2.12. The SMILES string of the molecule is CC12CC3CC(C)(CC(C1)N3O)C2. The van der Waals surface area contributed by atoms with Crippen molar-refractivity contribution in [3.63, 3.8) is 0 Å². The van der Waals surface area contributed by atoms with Gasteiger partial charge in [-0.2, -0.15) is 5.06 Å². The Bertz CT molecular complexity index is 214. The Morgan fingerprint density at radius 2 is 1.38 bits per heavy atom. The lowest BCUT2D eigenvalue weighted by Gasteiger charge is -2.62. The van der Waals surface area contributed by atoms with E-state index in [1.165, 1.54) is 32.1 Å². The third-order valence-corrected chi connectivity index (χ3v) is 4.52. The van der Waals surface area contributed by atoms with Crippen molar-refractivity contribution in [2.75, 3.05) is 0 Å². The Kier molecular flexibility index (Phi) is 1.34. The van der Waals surface area contributed by atoms with Crippen molar-refractivity contribution in [3.05, 3.63) is 0 Å². The minimum Gasteiger partial charge on any atom is -0.313 e. The number of piperidine rings is 2. The second-order valence-electron chi connectivity index (χ2n) is 6.30. The Labute approximate surface area is 79.9 Å². The summed E-state index contributed by atoms with van der Waals surface area (Å²) in [5.74, 6) is 0. The van der Waals surface area contributed by atoms with Crippen molar-refractivity contribution in [1.29, 1.82) is 0 Å². The lowest BCUT2D eigenvalue weighted by molar-refractivity contribution is -0.264. The minimum atomic E-state index is 0.469. The van der Waals surface area contributed by atoms with Crippen LogP contribution in [0.5, 0.6) is 0 Å². The molecule has 0 aromatic rings. The molecule has 0 spiro atoms. The molecule has 4 fully saturated rings. The molecule has 0 atom stereocenters. The van der Waals surface area contributed by atoms with Crippen LogP contribution in [0.1, 0.15) is 46.0 Å². The Morgan fingerprint density at radius 1 is 1.00 bits per heavy atom. The number of rotatable bonds is 0. The standard InChI is InChI=1S/C11H19NO/c1-10-3-8-5-11(2,7-10)6-9(4-10)12(8)13/h8-9,13H,3-7H2,1-2H3. The van der Waals surface area contributed by atoms with Crippen molar-refractivity contribution in [2.45, 2.75) is 58.0 Å². The van der Waals surface area contributed by atoms with Crippen LogP contribution in [0.25, 0.3) is 0 Å². The van der Waals surface area contributed by atoms with Gasteiger partial charge in [0.1, 0.15) is 0 Å². The molecule has 4 aliphatic rings. The molecule has 2 nitrogen and oxygen atoms in total. The van der Waals surface area contributed by atoms with E-state index in [1.54, 1.807) is 5.06 Å². The number of hydrogen-bond donors (Lipinski definition) is 1. The highest BCUT2D eigenvalue weighted by Crippen LogP contribution is 2.60. The molecule has 0 unspecified atom stereocenters. The fourth-order valence-electron chi connectivity index (χ4n) is 4.58. The van der Waals surface area contributed by atoms with Gasteiger partial charge in [0.25, 0.3) is 0 Å². The number of hydroxylamine groups is 2. The molecule has 0 aromatic heterocycles.